The van der Waals surface area contributed by atoms with Crippen molar-refractivity contribution in [2.75, 3.05) is 0 Å². The van der Waals surface area contributed by atoms with Gasteiger partial charge in [0.05, 0.1) is 5.82 Å². The maximum absolute atomic E-state index is 4.39. The van der Waals surface area contributed by atoms with Gasteiger partial charge >= 0.3 is 0 Å². The minimum Gasteiger partial charge on any atom is -0.389 e. The molecule has 13 heavy (non-hydrogen) atoms. The first-order valence-electron chi connectivity index (χ1n) is 3.87. The molecule has 4 heteroatoms. The van der Waals surface area contributed by atoms with Crippen molar-refractivity contribution in [2.24, 2.45) is 7.05 Å². The molecule has 0 bridgehead atoms. The van der Waals surface area contributed by atoms with Crippen molar-refractivity contribution in [3.8, 4) is 0 Å². The topological polar surface area (TPSA) is 30.7 Å². The van der Waals surface area contributed by atoms with Gasteiger partial charge in [-0.15, -0.1) is 6.07 Å². The van der Waals surface area contributed by atoms with Gasteiger partial charge in [0.2, 0.25) is 0 Å². The fourth-order valence-corrected chi connectivity index (χ4v) is 1.30. The monoisotopic (exact) mass is 249 g/mol. The smallest absolute Gasteiger partial charge is 0.0925 e. The number of rotatable bonds is 0. The van der Waals surface area contributed by atoms with E-state index >= 15 is 0 Å². The van der Waals surface area contributed by atoms with E-state index in [9.17, 15) is 0 Å². The molecule has 0 aliphatic carbocycles. The van der Waals surface area contributed by atoms with Crippen LogP contribution in [-0.2, 0) is 39.8 Å². The molecule has 0 amide bonds. The first-order chi connectivity index (χ1) is 5.70. The van der Waals surface area contributed by atoms with E-state index in [0.717, 1.165) is 22.6 Å². The van der Waals surface area contributed by atoms with Crippen LogP contribution in [0, 0.1) is 20.0 Å². The molecule has 0 aliphatic rings. The first-order valence-corrected chi connectivity index (χ1v) is 3.87. The fourth-order valence-electron chi connectivity index (χ4n) is 1.30. The number of aryl methyl sites for hydroxylation is 3. The van der Waals surface area contributed by atoms with Crippen molar-refractivity contribution in [1.82, 2.24) is 14.5 Å². The summed E-state index contributed by atoms with van der Waals surface area (Å²) < 4.78 is 2.04. The van der Waals surface area contributed by atoms with Crippen LogP contribution in [0.2, 0.25) is 0 Å². The van der Waals surface area contributed by atoms with E-state index in [-0.39, 0.29) is 32.7 Å². The normalized spacial score (nSPS) is 10.1. The Bertz CT molecular complexity index is 434. The Hall–Kier alpha value is -0.276. The van der Waals surface area contributed by atoms with E-state index in [1.807, 2.05) is 31.5 Å². The number of imidazole rings is 1. The molecule has 65 valence electrons. The van der Waals surface area contributed by atoms with E-state index in [1.54, 1.807) is 0 Å². The van der Waals surface area contributed by atoms with Gasteiger partial charge in [-0.2, -0.15) is 0 Å². The summed E-state index contributed by atoms with van der Waals surface area (Å²) in [5.74, 6) is 1.01. The molecule has 0 unspecified atom stereocenters. The minimum atomic E-state index is 0. The maximum Gasteiger partial charge on any atom is 0.0925 e. The van der Waals surface area contributed by atoms with Gasteiger partial charge in [-0.05, 0) is 18.1 Å². The summed E-state index contributed by atoms with van der Waals surface area (Å²) in [6.45, 7) is 3.94. The molecule has 0 aliphatic heterocycles. The van der Waals surface area contributed by atoms with Crippen molar-refractivity contribution < 1.29 is 32.7 Å². The van der Waals surface area contributed by atoms with Crippen LogP contribution in [0.5, 0.6) is 0 Å². The van der Waals surface area contributed by atoms with Crippen LogP contribution in [0.15, 0.2) is 6.07 Å². The van der Waals surface area contributed by atoms with Gasteiger partial charge < -0.3 is 9.55 Å². The van der Waals surface area contributed by atoms with Crippen LogP contribution in [0.3, 0.4) is 0 Å². The molecule has 0 aromatic carbocycles. The minimum absolute atomic E-state index is 0. The third-order valence-corrected chi connectivity index (χ3v) is 2.14. The van der Waals surface area contributed by atoms with Crippen molar-refractivity contribution in [3.05, 3.63) is 23.8 Å². The maximum atomic E-state index is 4.39. The van der Waals surface area contributed by atoms with Crippen LogP contribution in [0.4, 0.5) is 0 Å². The Morgan fingerprint density at radius 1 is 1.38 bits per heavy atom. The predicted molar refractivity (Wildman–Crippen MR) is 46.8 cm³/mol. The fraction of sp³-hybridized carbons (Fsp3) is 0.333. The van der Waals surface area contributed by atoms with E-state index < -0.39 is 0 Å². The second-order valence-corrected chi connectivity index (χ2v) is 2.92. The molecule has 2 aromatic heterocycles. The SMILES string of the molecule is Cc1n[c-]cc2c1nc(C)n2C.[Y]. The van der Waals surface area contributed by atoms with E-state index in [0.29, 0.717) is 0 Å². The summed E-state index contributed by atoms with van der Waals surface area (Å²) in [7, 11) is 2.00. The Morgan fingerprint density at radius 3 is 2.69 bits per heavy atom. The molecular weight excluding hydrogens is 239 g/mol. The summed E-state index contributed by atoms with van der Waals surface area (Å²) in [4.78, 5) is 8.45. The average molecular weight is 249 g/mol. The molecule has 3 nitrogen and oxygen atoms in total. The van der Waals surface area contributed by atoms with E-state index in [1.165, 1.54) is 0 Å². The quantitative estimate of drug-likeness (QED) is 0.660. The molecule has 2 heterocycles. The summed E-state index contributed by atoms with van der Waals surface area (Å²) in [5, 5.41) is 0. The number of nitrogens with zero attached hydrogens (tertiary/aromatic N) is 3. The van der Waals surface area contributed by atoms with Crippen LogP contribution >= 0.6 is 0 Å². The van der Waals surface area contributed by atoms with Crippen LogP contribution in [0.25, 0.3) is 11.0 Å². The Labute approximate surface area is 102 Å². The number of hydrogen-bond acceptors (Lipinski definition) is 2. The number of pyridine rings is 1. The summed E-state index contributed by atoms with van der Waals surface area (Å²) in [6, 6.07) is 1.86. The number of hydrogen-bond donors (Lipinski definition) is 0. The zero-order valence-corrected chi connectivity index (χ0v) is 10.8. The zero-order valence-electron chi connectivity index (χ0n) is 8.00. The standard InChI is InChI=1S/C9H10N3.Y/c1-6-9-8(4-5-10-6)12(3)7(2)11-9;/h4H,1-3H3;/q-1;. The van der Waals surface area contributed by atoms with Crippen LogP contribution in [0.1, 0.15) is 11.5 Å². The van der Waals surface area contributed by atoms with Crippen molar-refractivity contribution in [1.29, 1.82) is 0 Å². The molecule has 0 spiro atoms. The molecule has 2 aromatic rings. The zero-order chi connectivity index (χ0) is 8.72. The second-order valence-electron chi connectivity index (χ2n) is 2.92. The number of aromatic nitrogens is 3. The molecular formula is C9H10N3Y-. The van der Waals surface area contributed by atoms with Gasteiger partial charge in [-0.1, -0.05) is 13.1 Å². The number of fused-ring (bicyclic) bond motifs is 1. The second kappa shape index (κ2) is 3.85. The third-order valence-electron chi connectivity index (χ3n) is 2.14. The van der Waals surface area contributed by atoms with Gasteiger partial charge in [0, 0.05) is 45.3 Å². The molecule has 1 radical (unpaired) electrons. The molecule has 2 rings (SSSR count). The van der Waals surface area contributed by atoms with Crippen molar-refractivity contribution in [3.63, 3.8) is 0 Å². The van der Waals surface area contributed by atoms with Gasteiger partial charge in [0.1, 0.15) is 0 Å². The summed E-state index contributed by atoms with van der Waals surface area (Å²) >= 11 is 0. The van der Waals surface area contributed by atoms with Gasteiger partial charge in [-0.3, -0.25) is 4.98 Å². The largest absolute Gasteiger partial charge is 0.389 e. The van der Waals surface area contributed by atoms with Gasteiger partial charge in [-0.25, -0.2) is 0 Å². The van der Waals surface area contributed by atoms with Crippen LogP contribution < -0.4 is 0 Å². The first kappa shape index (κ1) is 10.8. The van der Waals surface area contributed by atoms with E-state index in [4.69, 9.17) is 0 Å². The predicted octanol–water partition coefficient (Wildman–Crippen LogP) is 1.38. The molecule has 0 atom stereocenters. The van der Waals surface area contributed by atoms with Crippen LogP contribution in [-0.4, -0.2) is 14.5 Å². The Balaban J connectivity index is 0.000000845. The molecule has 0 fully saturated rings. The Morgan fingerprint density at radius 2 is 2.08 bits per heavy atom. The van der Waals surface area contributed by atoms with E-state index in [2.05, 4.69) is 16.2 Å². The summed E-state index contributed by atoms with van der Waals surface area (Å²) in [5.41, 5.74) is 3.02. The van der Waals surface area contributed by atoms with Gasteiger partial charge in [0.15, 0.2) is 0 Å². The van der Waals surface area contributed by atoms with Crippen molar-refractivity contribution in [2.45, 2.75) is 13.8 Å². The Kier molecular flexibility index (Phi) is 3.20. The molecule has 0 N–H and O–H groups in total. The third kappa shape index (κ3) is 1.68. The molecule has 0 saturated heterocycles. The summed E-state index contributed by atoms with van der Waals surface area (Å²) in [6.07, 6.45) is 2.85. The van der Waals surface area contributed by atoms with Gasteiger partial charge in [0.25, 0.3) is 0 Å². The van der Waals surface area contributed by atoms with Crippen molar-refractivity contribution >= 4 is 11.0 Å². The average Bonchev–Trinajstić information content (AvgIpc) is 2.32. The molecule has 0 saturated carbocycles.